The number of carbonyl (C=O) groups excluding carboxylic acids is 6. The van der Waals surface area contributed by atoms with E-state index in [4.69, 9.17) is 28.4 Å². The second kappa shape index (κ2) is 27.3. The van der Waals surface area contributed by atoms with Crippen LogP contribution < -0.4 is 21.3 Å². The fraction of sp³-hybridized carbons (Fsp3) is 0.706. The normalized spacial score (nSPS) is 10.9. The average Bonchev–Trinajstić information content (AvgIpc) is 3.05. The molecule has 4 N–H and O–H groups in total. The summed E-state index contributed by atoms with van der Waals surface area (Å²) in [7, 11) is 0. The smallest absolute Gasteiger partial charge is 0.407 e. The first-order valence-electron chi connectivity index (χ1n) is 17.0. The van der Waals surface area contributed by atoms with E-state index in [1.54, 1.807) is 0 Å². The van der Waals surface area contributed by atoms with Gasteiger partial charge in [0.1, 0.15) is 24.4 Å². The van der Waals surface area contributed by atoms with E-state index in [-0.39, 0.29) is 39.5 Å². The molecule has 0 spiro atoms. The largest absolute Gasteiger partial charge is 0.461 e. The predicted molar refractivity (Wildman–Crippen MR) is 184 cm³/mol. The first-order valence-corrected chi connectivity index (χ1v) is 17.0. The van der Waals surface area contributed by atoms with Gasteiger partial charge in [0.25, 0.3) is 0 Å². The van der Waals surface area contributed by atoms with Crippen LogP contribution in [0.5, 0.6) is 0 Å². The van der Waals surface area contributed by atoms with E-state index < -0.39 is 47.5 Å². The molecule has 16 nitrogen and oxygen atoms in total. The molecule has 286 valence electrons. The van der Waals surface area contributed by atoms with Gasteiger partial charge in [-0.3, -0.25) is 0 Å². The van der Waals surface area contributed by atoms with Crippen LogP contribution in [-0.2, 0) is 38.0 Å². The van der Waals surface area contributed by atoms with Crippen molar-refractivity contribution in [3.8, 4) is 0 Å². The van der Waals surface area contributed by atoms with Crippen molar-refractivity contribution in [2.24, 2.45) is 0 Å². The van der Waals surface area contributed by atoms with Gasteiger partial charge in [-0.15, -0.1) is 0 Å². The van der Waals surface area contributed by atoms with Gasteiger partial charge in [0.15, 0.2) is 0 Å². The van der Waals surface area contributed by atoms with Gasteiger partial charge in [-0.1, -0.05) is 26.0 Å². The summed E-state index contributed by atoms with van der Waals surface area (Å²) < 4.78 is 30.7. The van der Waals surface area contributed by atoms with Crippen LogP contribution in [0.25, 0.3) is 0 Å². The number of hydrogen-bond donors (Lipinski definition) is 4. The van der Waals surface area contributed by atoms with Gasteiger partial charge in [0.05, 0.1) is 26.3 Å². The van der Waals surface area contributed by atoms with Crippen molar-refractivity contribution in [2.75, 3.05) is 52.6 Å². The molecule has 50 heavy (non-hydrogen) atoms. The Morgan fingerprint density at radius 3 is 1.18 bits per heavy atom. The molecule has 0 aliphatic heterocycles. The lowest BCUT2D eigenvalue weighted by atomic mass is 10.0. The van der Waals surface area contributed by atoms with Gasteiger partial charge in [0, 0.05) is 25.2 Å². The summed E-state index contributed by atoms with van der Waals surface area (Å²) in [4.78, 5) is 69.5. The molecule has 0 aliphatic carbocycles. The summed E-state index contributed by atoms with van der Waals surface area (Å²) in [6.45, 7) is 15.5. The predicted octanol–water partition coefficient (Wildman–Crippen LogP) is 4.81. The monoisotopic (exact) mass is 714 g/mol. The molecule has 0 aliphatic rings. The second-order valence-corrected chi connectivity index (χ2v) is 12.3. The van der Waals surface area contributed by atoms with Crippen LogP contribution in [0, 0.1) is 0 Å². The van der Waals surface area contributed by atoms with Crippen molar-refractivity contribution < 1.29 is 57.2 Å². The summed E-state index contributed by atoms with van der Waals surface area (Å²) in [5, 5.41) is 10.5. The zero-order valence-electron chi connectivity index (χ0n) is 30.2. The molecule has 16 heteroatoms. The van der Waals surface area contributed by atoms with Crippen LogP contribution in [0.2, 0.25) is 0 Å². The Bertz CT molecular complexity index is 983. The number of unbranched alkanes of at least 4 members (excludes halogenated alkanes) is 5. The number of amides is 4. The lowest BCUT2D eigenvalue weighted by Gasteiger charge is -2.25. The van der Waals surface area contributed by atoms with Crippen molar-refractivity contribution in [3.63, 3.8) is 0 Å². The van der Waals surface area contributed by atoms with Gasteiger partial charge >= 0.3 is 36.3 Å². The van der Waals surface area contributed by atoms with E-state index >= 15 is 0 Å². The van der Waals surface area contributed by atoms with E-state index in [1.807, 2.05) is 27.7 Å². The third kappa shape index (κ3) is 28.5. The van der Waals surface area contributed by atoms with E-state index in [0.29, 0.717) is 51.6 Å². The minimum atomic E-state index is -0.685. The third-order valence-electron chi connectivity index (χ3n) is 6.76. The molecule has 4 amide bonds. The summed E-state index contributed by atoms with van der Waals surface area (Å²) in [6.07, 6.45) is 6.88. The maximum atomic E-state index is 12.2. The fourth-order valence-corrected chi connectivity index (χ4v) is 4.13. The van der Waals surface area contributed by atoms with Gasteiger partial charge in [-0.05, 0) is 79.1 Å². The summed E-state index contributed by atoms with van der Waals surface area (Å²) in [5.74, 6) is -1.13. The Hall–Kier alpha value is -4.50. The van der Waals surface area contributed by atoms with Crippen molar-refractivity contribution in [3.05, 3.63) is 25.3 Å². The molecule has 0 saturated carbocycles. The van der Waals surface area contributed by atoms with E-state index in [1.165, 1.54) is 0 Å². The minimum absolute atomic E-state index is 0.0254. The zero-order valence-corrected chi connectivity index (χ0v) is 30.2. The van der Waals surface area contributed by atoms with Crippen LogP contribution in [0.1, 0.15) is 91.9 Å². The van der Waals surface area contributed by atoms with E-state index in [9.17, 15) is 28.8 Å². The number of nitrogens with one attached hydrogen (secondary N) is 4. The number of esters is 2. The average molecular weight is 715 g/mol. The molecule has 0 aromatic rings. The molecular weight excluding hydrogens is 656 g/mol. The highest BCUT2D eigenvalue weighted by Crippen LogP contribution is 2.19. The highest BCUT2D eigenvalue weighted by Gasteiger charge is 2.23. The van der Waals surface area contributed by atoms with Crippen LogP contribution >= 0.6 is 0 Å². The Balaban J connectivity index is 3.81. The van der Waals surface area contributed by atoms with Crippen LogP contribution in [0.15, 0.2) is 25.3 Å². The Labute approximate surface area is 295 Å². The lowest BCUT2D eigenvalue weighted by molar-refractivity contribution is -0.138. The quantitative estimate of drug-likeness (QED) is 0.0392. The van der Waals surface area contributed by atoms with Gasteiger partial charge in [-0.25, -0.2) is 28.8 Å². The Morgan fingerprint density at radius 1 is 0.460 bits per heavy atom. The second-order valence-electron chi connectivity index (χ2n) is 12.3. The first kappa shape index (κ1) is 45.5. The van der Waals surface area contributed by atoms with Crippen LogP contribution in [-0.4, -0.2) is 100 Å². The topological polar surface area (TPSA) is 206 Å². The molecule has 0 heterocycles. The molecule has 0 fully saturated rings. The Kier molecular flexibility index (Phi) is 24.9. The highest BCUT2D eigenvalue weighted by molar-refractivity contribution is 5.81. The molecule has 0 bridgehead atoms. The molecule has 0 saturated heterocycles. The molecule has 0 unspecified atom stereocenters. The maximum Gasteiger partial charge on any atom is 0.407 e. The minimum Gasteiger partial charge on any atom is -0.461 e. The molecule has 0 atom stereocenters. The third-order valence-corrected chi connectivity index (χ3v) is 6.76. The number of hydrogen-bond acceptors (Lipinski definition) is 12. The summed E-state index contributed by atoms with van der Waals surface area (Å²) in [6, 6.07) is 0. The van der Waals surface area contributed by atoms with Crippen LogP contribution in [0.3, 0.4) is 0 Å². The van der Waals surface area contributed by atoms with Crippen molar-refractivity contribution >= 4 is 36.3 Å². The number of rotatable bonds is 27. The van der Waals surface area contributed by atoms with Crippen molar-refractivity contribution in [2.45, 2.75) is 103 Å². The Morgan fingerprint density at radius 2 is 0.820 bits per heavy atom. The summed E-state index contributed by atoms with van der Waals surface area (Å²) in [5.41, 5.74) is -1.37. The highest BCUT2D eigenvalue weighted by atomic mass is 16.6. The molecule has 0 aromatic heterocycles. The fourth-order valence-electron chi connectivity index (χ4n) is 4.13. The van der Waals surface area contributed by atoms with E-state index in [2.05, 4.69) is 34.4 Å². The standard InChI is InChI=1S/C34H58N4O12/c1-7-27(39)45-25-21-37-29(41)47-23-15-11-17-33(3,4)49-31(43)35-19-13-9-10-14-20-36-32(44)50-34(5,6)18-12-16-24-48-30(42)38-22-26-46-28(40)8-2/h7-8H,1-2,9-26H2,3-6H3,(H,35,43)(H,36,44)(H,37,41)(H,38,42). The molecule has 0 aromatic carbocycles. The number of ether oxygens (including phenoxy) is 6. The molecule has 0 rings (SSSR count). The van der Waals surface area contributed by atoms with Crippen molar-refractivity contribution in [1.82, 2.24) is 21.3 Å². The van der Waals surface area contributed by atoms with Gasteiger partial charge < -0.3 is 49.7 Å². The lowest BCUT2D eigenvalue weighted by Crippen LogP contribution is -2.35. The number of carbonyl (C=O) groups is 6. The van der Waals surface area contributed by atoms with Gasteiger partial charge in [-0.2, -0.15) is 0 Å². The number of alkyl carbamates (subject to hydrolysis) is 4. The molecule has 0 radical (unpaired) electrons. The molecular formula is C34H58N4O12. The van der Waals surface area contributed by atoms with Gasteiger partial charge in [0.2, 0.25) is 0 Å². The van der Waals surface area contributed by atoms with E-state index in [0.717, 1.165) is 37.8 Å². The summed E-state index contributed by atoms with van der Waals surface area (Å²) >= 11 is 0. The SMILES string of the molecule is C=CC(=O)OCCNC(=O)OCCCCC(C)(C)OC(=O)NCCCCCCNC(=O)OC(C)(C)CCCCOC(=O)NCCOC(=O)C=C. The zero-order chi connectivity index (χ0) is 37.7. The van der Waals surface area contributed by atoms with Crippen molar-refractivity contribution in [1.29, 1.82) is 0 Å². The maximum absolute atomic E-state index is 12.2. The van der Waals surface area contributed by atoms with Crippen LogP contribution in [0.4, 0.5) is 19.2 Å². The first-order chi connectivity index (χ1) is 23.7.